The second kappa shape index (κ2) is 9.68. The van der Waals surface area contributed by atoms with Crippen LogP contribution in [0.1, 0.15) is 52.5 Å². The van der Waals surface area contributed by atoms with E-state index in [4.69, 9.17) is 5.73 Å². The van der Waals surface area contributed by atoms with Crippen molar-refractivity contribution >= 4 is 11.7 Å². The normalized spacial score (nSPS) is 19.8. The molecule has 2 atom stereocenters. The Bertz CT molecular complexity index is 1140. The van der Waals surface area contributed by atoms with E-state index in [0.717, 1.165) is 50.0 Å². The van der Waals surface area contributed by atoms with Crippen molar-refractivity contribution in [2.24, 2.45) is 0 Å². The number of nitrogens with one attached hydrogen (secondary N) is 3. The summed E-state index contributed by atoms with van der Waals surface area (Å²) in [6.07, 6.45) is 6.05. The van der Waals surface area contributed by atoms with Crippen LogP contribution >= 0.6 is 0 Å². The molecule has 7 heteroatoms. The van der Waals surface area contributed by atoms with Gasteiger partial charge in [-0.2, -0.15) is 0 Å². The molecule has 1 aromatic heterocycles. The second-order valence-corrected chi connectivity index (χ2v) is 8.88. The minimum Gasteiger partial charge on any atom is -0.382 e. The maximum atomic E-state index is 12.7. The van der Waals surface area contributed by atoms with Crippen molar-refractivity contribution < 1.29 is 4.79 Å². The zero-order valence-corrected chi connectivity index (χ0v) is 18.7. The van der Waals surface area contributed by atoms with Gasteiger partial charge in [0.25, 0.3) is 5.91 Å². The summed E-state index contributed by atoms with van der Waals surface area (Å²) in [6.45, 7) is 2.43. The largest absolute Gasteiger partial charge is 0.382 e. The lowest BCUT2D eigenvalue weighted by Crippen LogP contribution is -2.37. The quantitative estimate of drug-likeness (QED) is 0.468. The molecule has 1 fully saturated rings. The Morgan fingerprint density at radius 2 is 2.06 bits per heavy atom. The second-order valence-electron chi connectivity index (χ2n) is 8.88. The van der Waals surface area contributed by atoms with E-state index in [1.807, 2.05) is 12.1 Å². The van der Waals surface area contributed by atoms with Crippen molar-refractivity contribution in [3.63, 3.8) is 0 Å². The van der Waals surface area contributed by atoms with E-state index >= 15 is 0 Å². The van der Waals surface area contributed by atoms with E-state index in [1.165, 1.54) is 17.5 Å². The molecule has 5 N–H and O–H groups in total. The predicted molar refractivity (Wildman–Crippen MR) is 130 cm³/mol. The number of nitrogen functional groups attached to an aromatic ring is 1. The number of aryl methyl sites for hydroxylation is 1. The molecule has 170 valence electrons. The molecule has 0 spiro atoms. The molecule has 2 aliphatic rings. The van der Waals surface area contributed by atoms with Gasteiger partial charge in [0.15, 0.2) is 11.5 Å². The average molecular weight is 443 g/mol. The van der Waals surface area contributed by atoms with Crippen LogP contribution in [0.3, 0.4) is 0 Å². The van der Waals surface area contributed by atoms with E-state index in [-0.39, 0.29) is 23.5 Å². The molecule has 1 aliphatic carbocycles. The van der Waals surface area contributed by atoms with Gasteiger partial charge in [-0.15, -0.1) is 0 Å². The molecule has 7 nitrogen and oxygen atoms in total. The Kier molecular flexibility index (Phi) is 6.32. The number of aromatic nitrogens is 2. The standard InChI is InChI=1S/C26H30N6O/c27-25-24(26(33)31-20-11-12-28-15-20)32-23(16-30-25)19-8-3-5-17(13-19)14-29-22-10-4-7-18-6-1-2-9-21(18)22/h1-3,5-6,8-9,13,16,20,22,28-29H,4,7,10-12,14-15H2,(H2,27,30)(H,31,33)/t20-,22-/m0/s1. The van der Waals surface area contributed by atoms with Gasteiger partial charge in [-0.1, -0.05) is 42.5 Å². The van der Waals surface area contributed by atoms with Crippen LogP contribution in [-0.4, -0.2) is 35.0 Å². The lowest BCUT2D eigenvalue weighted by molar-refractivity contribution is 0.0936. The SMILES string of the molecule is Nc1ncc(-c2cccc(CN[C@H]3CCCc4ccccc43)c2)nc1C(=O)N[C@H]1CCNC1. The van der Waals surface area contributed by atoms with Gasteiger partial charge >= 0.3 is 0 Å². The first-order valence-electron chi connectivity index (χ1n) is 11.7. The zero-order valence-electron chi connectivity index (χ0n) is 18.7. The number of hydrogen-bond donors (Lipinski definition) is 4. The summed E-state index contributed by atoms with van der Waals surface area (Å²) in [5.74, 6) is -0.125. The Balaban J connectivity index is 1.30. The molecule has 3 aromatic rings. The van der Waals surface area contributed by atoms with Crippen LogP contribution in [0.2, 0.25) is 0 Å². The third-order valence-electron chi connectivity index (χ3n) is 6.56. The van der Waals surface area contributed by atoms with Gasteiger partial charge in [-0.3, -0.25) is 4.79 Å². The van der Waals surface area contributed by atoms with Gasteiger partial charge in [0.05, 0.1) is 11.9 Å². The lowest BCUT2D eigenvalue weighted by atomic mass is 9.87. The summed E-state index contributed by atoms with van der Waals surface area (Å²) in [6, 6.07) is 17.4. The molecule has 1 saturated heterocycles. The summed E-state index contributed by atoms with van der Waals surface area (Å²) in [5.41, 5.74) is 11.8. The van der Waals surface area contributed by atoms with Gasteiger partial charge in [0.2, 0.25) is 0 Å². The van der Waals surface area contributed by atoms with Gasteiger partial charge in [0.1, 0.15) is 0 Å². The van der Waals surface area contributed by atoms with Gasteiger partial charge < -0.3 is 21.7 Å². The van der Waals surface area contributed by atoms with Crippen LogP contribution in [0.15, 0.2) is 54.7 Å². The molecule has 33 heavy (non-hydrogen) atoms. The van der Waals surface area contributed by atoms with E-state index in [9.17, 15) is 4.79 Å². The maximum Gasteiger partial charge on any atom is 0.274 e. The molecule has 5 rings (SSSR count). The first-order valence-corrected chi connectivity index (χ1v) is 11.7. The highest BCUT2D eigenvalue weighted by Crippen LogP contribution is 2.30. The Labute approximate surface area is 194 Å². The Hall–Kier alpha value is -3.29. The van der Waals surface area contributed by atoms with E-state index in [2.05, 4.69) is 62.3 Å². The minimum atomic E-state index is -0.274. The number of anilines is 1. The average Bonchev–Trinajstić information content (AvgIpc) is 3.36. The fourth-order valence-corrected chi connectivity index (χ4v) is 4.78. The van der Waals surface area contributed by atoms with Crippen molar-refractivity contribution in [2.45, 2.75) is 44.3 Å². The number of nitrogens with zero attached hydrogens (tertiary/aromatic N) is 2. The van der Waals surface area contributed by atoms with Crippen molar-refractivity contribution in [1.82, 2.24) is 25.9 Å². The molecule has 1 amide bonds. The number of carbonyl (C=O) groups excluding carboxylic acids is 1. The molecule has 2 heterocycles. The first-order chi connectivity index (χ1) is 16.2. The maximum absolute atomic E-state index is 12.7. The third-order valence-corrected chi connectivity index (χ3v) is 6.56. The molecule has 1 aliphatic heterocycles. The number of amides is 1. The van der Waals surface area contributed by atoms with Gasteiger partial charge in [0, 0.05) is 30.7 Å². The first kappa shape index (κ1) is 21.6. The van der Waals surface area contributed by atoms with E-state index in [1.54, 1.807) is 6.20 Å². The molecule has 0 unspecified atom stereocenters. The lowest BCUT2D eigenvalue weighted by Gasteiger charge is -2.26. The predicted octanol–water partition coefficient (Wildman–Crippen LogP) is 2.98. The van der Waals surface area contributed by atoms with Crippen LogP contribution in [-0.2, 0) is 13.0 Å². The third kappa shape index (κ3) is 4.89. The van der Waals surface area contributed by atoms with Crippen LogP contribution in [0.25, 0.3) is 11.3 Å². The van der Waals surface area contributed by atoms with Gasteiger partial charge in [-0.25, -0.2) is 9.97 Å². The number of rotatable bonds is 6. The Morgan fingerprint density at radius 3 is 2.94 bits per heavy atom. The van der Waals surface area contributed by atoms with Crippen LogP contribution in [0.4, 0.5) is 5.82 Å². The number of hydrogen-bond acceptors (Lipinski definition) is 6. The highest BCUT2D eigenvalue weighted by molar-refractivity contribution is 5.97. The van der Waals surface area contributed by atoms with Crippen molar-refractivity contribution in [3.05, 3.63) is 77.1 Å². The topological polar surface area (TPSA) is 105 Å². The number of nitrogens with two attached hydrogens (primary N) is 1. The van der Waals surface area contributed by atoms with E-state index < -0.39 is 0 Å². The monoisotopic (exact) mass is 442 g/mol. The highest BCUT2D eigenvalue weighted by Gasteiger charge is 2.22. The summed E-state index contributed by atoms with van der Waals surface area (Å²) in [5, 5.41) is 9.96. The Morgan fingerprint density at radius 1 is 1.15 bits per heavy atom. The molecular weight excluding hydrogens is 412 g/mol. The summed E-state index contributed by atoms with van der Waals surface area (Å²) in [4.78, 5) is 21.5. The molecule has 2 aromatic carbocycles. The molecule has 0 radical (unpaired) electrons. The fraction of sp³-hybridized carbons (Fsp3) is 0.346. The van der Waals surface area contributed by atoms with E-state index in [0.29, 0.717) is 11.7 Å². The molecule has 0 saturated carbocycles. The van der Waals surface area contributed by atoms with Crippen LogP contribution < -0.4 is 21.7 Å². The van der Waals surface area contributed by atoms with Crippen molar-refractivity contribution in [3.8, 4) is 11.3 Å². The summed E-state index contributed by atoms with van der Waals surface area (Å²) >= 11 is 0. The smallest absolute Gasteiger partial charge is 0.274 e. The minimum absolute atomic E-state index is 0.0988. The van der Waals surface area contributed by atoms with Crippen molar-refractivity contribution in [2.75, 3.05) is 18.8 Å². The van der Waals surface area contributed by atoms with Crippen molar-refractivity contribution in [1.29, 1.82) is 0 Å². The summed E-state index contributed by atoms with van der Waals surface area (Å²) in [7, 11) is 0. The highest BCUT2D eigenvalue weighted by atomic mass is 16.2. The van der Waals surface area contributed by atoms with Crippen LogP contribution in [0, 0.1) is 0 Å². The number of benzene rings is 2. The van der Waals surface area contributed by atoms with Gasteiger partial charge in [-0.05, 0) is 55.0 Å². The zero-order chi connectivity index (χ0) is 22.6. The van der Waals surface area contributed by atoms with Crippen LogP contribution in [0.5, 0.6) is 0 Å². The number of fused-ring (bicyclic) bond motifs is 1. The fourth-order valence-electron chi connectivity index (χ4n) is 4.78. The molecular formula is C26H30N6O. The molecule has 0 bridgehead atoms. The number of carbonyl (C=O) groups is 1. The summed E-state index contributed by atoms with van der Waals surface area (Å²) < 4.78 is 0.